The van der Waals surface area contributed by atoms with Crippen LogP contribution in [-0.2, 0) is 14.3 Å². The van der Waals surface area contributed by atoms with Crippen LogP contribution in [0.4, 0.5) is 5.69 Å². The highest BCUT2D eigenvalue weighted by molar-refractivity contribution is 6.12. The third kappa shape index (κ3) is 4.62. The molecule has 32 heavy (non-hydrogen) atoms. The Labute approximate surface area is 187 Å². The molecule has 0 saturated heterocycles. The molecule has 0 aliphatic carbocycles. The zero-order valence-electron chi connectivity index (χ0n) is 17.9. The molecule has 0 aromatic heterocycles. The van der Waals surface area contributed by atoms with Gasteiger partial charge in [0.2, 0.25) is 5.90 Å². The van der Waals surface area contributed by atoms with Crippen molar-refractivity contribution in [2.24, 2.45) is 4.99 Å². The molecule has 0 spiro atoms. The van der Waals surface area contributed by atoms with Crippen molar-refractivity contribution in [2.45, 2.75) is 6.92 Å². The molecule has 0 atom stereocenters. The van der Waals surface area contributed by atoms with Crippen LogP contribution in [-0.4, -0.2) is 25.6 Å². The maximum absolute atomic E-state index is 12.0. The lowest BCUT2D eigenvalue weighted by Gasteiger charge is -2.08. The van der Waals surface area contributed by atoms with E-state index < -0.39 is 5.97 Å². The van der Waals surface area contributed by atoms with Crippen LogP contribution in [0.2, 0.25) is 0 Å². The quantitative estimate of drug-likeness (QED) is 0.370. The Kier molecular flexibility index (Phi) is 6.46. The molecule has 4 rings (SSSR count). The number of hydrogen-bond donors (Lipinski definition) is 0. The number of nitrogens with zero attached hydrogens (tertiary/aromatic N) is 1. The minimum absolute atomic E-state index is 0.318. The largest absolute Gasteiger partial charge is 0.497 e. The lowest BCUT2D eigenvalue weighted by molar-refractivity contribution is -0.137. The number of hydrogen-bond acceptors (Lipinski definition) is 5. The van der Waals surface area contributed by atoms with Gasteiger partial charge in [0.25, 0.3) is 0 Å². The van der Waals surface area contributed by atoms with Crippen LogP contribution in [0.3, 0.4) is 0 Å². The summed E-state index contributed by atoms with van der Waals surface area (Å²) >= 11 is 0. The smallest absolute Gasteiger partial charge is 0.330 e. The molecule has 0 radical (unpaired) electrons. The summed E-state index contributed by atoms with van der Waals surface area (Å²) in [5.41, 5.74) is 4.23. The maximum atomic E-state index is 12.0. The Morgan fingerprint density at radius 3 is 2.28 bits per heavy atom. The summed E-state index contributed by atoms with van der Waals surface area (Å²) in [6.07, 6.45) is 3.15. The number of carbonyl (C=O) groups excluding carboxylic acids is 1. The van der Waals surface area contributed by atoms with Gasteiger partial charge in [-0.05, 0) is 48.9 Å². The van der Waals surface area contributed by atoms with Gasteiger partial charge in [-0.1, -0.05) is 48.5 Å². The molecule has 160 valence electrons. The molecular formula is C27H23NO4. The van der Waals surface area contributed by atoms with Crippen molar-refractivity contribution in [2.75, 3.05) is 13.7 Å². The average Bonchev–Trinajstić information content (AvgIpc) is 3.19. The number of aliphatic imine (C=N–C) groups is 1. The van der Waals surface area contributed by atoms with Crippen LogP contribution < -0.4 is 4.74 Å². The van der Waals surface area contributed by atoms with E-state index in [0.717, 1.165) is 33.7 Å². The Bertz CT molecular complexity index is 1190. The second-order valence-corrected chi connectivity index (χ2v) is 6.96. The Morgan fingerprint density at radius 2 is 1.59 bits per heavy atom. The summed E-state index contributed by atoms with van der Waals surface area (Å²) in [6.45, 7) is 2.10. The molecule has 5 heteroatoms. The van der Waals surface area contributed by atoms with E-state index in [-0.39, 0.29) is 0 Å². The SMILES string of the molecule is CCOC(=O)/C=C/C(=C1/OC(=Nc2ccc(OC)cc2)c2ccccc21)c1ccccc1. The van der Waals surface area contributed by atoms with E-state index in [0.29, 0.717) is 18.3 Å². The van der Waals surface area contributed by atoms with Gasteiger partial charge >= 0.3 is 5.97 Å². The highest BCUT2D eigenvalue weighted by Gasteiger charge is 2.27. The summed E-state index contributed by atoms with van der Waals surface area (Å²) in [5, 5.41) is 0. The number of ether oxygens (including phenoxy) is 3. The molecule has 0 amide bonds. The van der Waals surface area contributed by atoms with E-state index in [4.69, 9.17) is 19.2 Å². The molecule has 1 heterocycles. The first-order valence-electron chi connectivity index (χ1n) is 10.3. The molecule has 3 aromatic carbocycles. The van der Waals surface area contributed by atoms with Gasteiger partial charge in [-0.25, -0.2) is 9.79 Å². The number of allylic oxidation sites excluding steroid dienone is 2. The maximum Gasteiger partial charge on any atom is 0.330 e. The number of carbonyl (C=O) groups is 1. The van der Waals surface area contributed by atoms with E-state index in [1.807, 2.05) is 78.9 Å². The number of fused-ring (bicyclic) bond motifs is 1. The number of methoxy groups -OCH3 is 1. The number of benzene rings is 3. The second-order valence-electron chi connectivity index (χ2n) is 6.96. The molecule has 0 fully saturated rings. The predicted octanol–water partition coefficient (Wildman–Crippen LogP) is 5.79. The Balaban J connectivity index is 1.82. The highest BCUT2D eigenvalue weighted by atomic mass is 16.5. The van der Waals surface area contributed by atoms with Crippen LogP contribution >= 0.6 is 0 Å². The van der Waals surface area contributed by atoms with Crippen molar-refractivity contribution < 1.29 is 19.0 Å². The Hall–Kier alpha value is -4.12. The second kappa shape index (κ2) is 9.79. The van der Waals surface area contributed by atoms with E-state index in [2.05, 4.69) is 0 Å². The average molecular weight is 425 g/mol. The minimum Gasteiger partial charge on any atom is -0.497 e. The topological polar surface area (TPSA) is 57.1 Å². The molecule has 3 aromatic rings. The first-order valence-corrected chi connectivity index (χ1v) is 10.3. The zero-order valence-corrected chi connectivity index (χ0v) is 17.9. The predicted molar refractivity (Wildman–Crippen MR) is 126 cm³/mol. The molecule has 0 saturated carbocycles. The van der Waals surface area contributed by atoms with Crippen LogP contribution in [0.25, 0.3) is 11.3 Å². The highest BCUT2D eigenvalue weighted by Crippen LogP contribution is 2.37. The van der Waals surface area contributed by atoms with Crippen LogP contribution in [0.5, 0.6) is 5.75 Å². The molecule has 0 N–H and O–H groups in total. The van der Waals surface area contributed by atoms with Crippen LogP contribution in [0.15, 0.2) is 96.0 Å². The molecule has 0 unspecified atom stereocenters. The van der Waals surface area contributed by atoms with E-state index in [1.54, 1.807) is 20.1 Å². The van der Waals surface area contributed by atoms with Gasteiger partial charge in [-0.3, -0.25) is 0 Å². The number of rotatable bonds is 6. The van der Waals surface area contributed by atoms with E-state index in [1.165, 1.54) is 6.08 Å². The van der Waals surface area contributed by atoms with Crippen molar-refractivity contribution in [1.29, 1.82) is 0 Å². The monoisotopic (exact) mass is 425 g/mol. The van der Waals surface area contributed by atoms with Gasteiger partial charge in [0, 0.05) is 22.8 Å². The lowest BCUT2D eigenvalue weighted by atomic mass is 9.99. The van der Waals surface area contributed by atoms with Crippen molar-refractivity contribution in [1.82, 2.24) is 0 Å². The van der Waals surface area contributed by atoms with E-state index in [9.17, 15) is 4.79 Å². The van der Waals surface area contributed by atoms with Crippen molar-refractivity contribution in [3.05, 3.63) is 108 Å². The number of esters is 1. The first-order chi connectivity index (χ1) is 15.7. The van der Waals surface area contributed by atoms with Crippen molar-refractivity contribution >= 4 is 28.9 Å². The molecule has 5 nitrogen and oxygen atoms in total. The fraction of sp³-hybridized carbons (Fsp3) is 0.111. The molecule has 1 aliphatic heterocycles. The summed E-state index contributed by atoms with van der Waals surface area (Å²) in [4.78, 5) is 16.7. The molecule has 0 bridgehead atoms. The van der Waals surface area contributed by atoms with Crippen LogP contribution in [0, 0.1) is 0 Å². The van der Waals surface area contributed by atoms with Crippen molar-refractivity contribution in [3.8, 4) is 5.75 Å². The summed E-state index contributed by atoms with van der Waals surface area (Å²) < 4.78 is 16.6. The Morgan fingerprint density at radius 1 is 0.906 bits per heavy atom. The normalized spacial score (nSPS) is 15.4. The lowest BCUT2D eigenvalue weighted by Crippen LogP contribution is -2.00. The third-order valence-corrected chi connectivity index (χ3v) is 4.91. The van der Waals surface area contributed by atoms with Gasteiger partial charge in [0.05, 0.1) is 19.4 Å². The summed E-state index contributed by atoms with van der Waals surface area (Å²) in [6, 6.07) is 25.1. The minimum atomic E-state index is -0.403. The van der Waals surface area contributed by atoms with Gasteiger partial charge in [0.15, 0.2) is 0 Å². The van der Waals surface area contributed by atoms with Gasteiger partial charge in [-0.2, -0.15) is 0 Å². The summed E-state index contributed by atoms with van der Waals surface area (Å²) in [7, 11) is 1.63. The molecular weight excluding hydrogens is 402 g/mol. The fourth-order valence-corrected chi connectivity index (χ4v) is 3.39. The third-order valence-electron chi connectivity index (χ3n) is 4.91. The zero-order chi connectivity index (χ0) is 22.3. The van der Waals surface area contributed by atoms with Crippen LogP contribution in [0.1, 0.15) is 23.6 Å². The molecule has 1 aliphatic rings. The van der Waals surface area contributed by atoms with Gasteiger partial charge in [-0.15, -0.1) is 0 Å². The van der Waals surface area contributed by atoms with Crippen molar-refractivity contribution in [3.63, 3.8) is 0 Å². The first kappa shape index (κ1) is 21.1. The van der Waals surface area contributed by atoms with Gasteiger partial charge in [0.1, 0.15) is 11.5 Å². The standard InChI is InChI=1S/C27H23NO4/c1-3-31-25(29)18-17-22(19-9-5-4-6-10-19)26-23-11-7-8-12-24(23)27(32-26)28-20-13-15-21(30-2)16-14-20/h4-18H,3H2,1-2H3/b18-17+,26-22-,28-27?. The fourth-order valence-electron chi connectivity index (χ4n) is 3.39. The summed E-state index contributed by atoms with van der Waals surface area (Å²) in [5.74, 6) is 1.50. The van der Waals surface area contributed by atoms with Gasteiger partial charge < -0.3 is 14.2 Å². The van der Waals surface area contributed by atoms with E-state index >= 15 is 0 Å².